The first-order valence-electron chi connectivity index (χ1n) is 6.65. The zero-order valence-electron chi connectivity index (χ0n) is 11.5. The molecule has 7 nitrogen and oxygen atoms in total. The minimum Gasteiger partial charge on any atom is -0.480 e. The number of aliphatic hydroxyl groups excluding tert-OH is 1. The third-order valence-electron chi connectivity index (χ3n) is 3.66. The van der Waals surface area contributed by atoms with E-state index in [4.69, 9.17) is 15.2 Å². The second-order valence-corrected chi connectivity index (χ2v) is 4.89. The van der Waals surface area contributed by atoms with E-state index in [1.807, 2.05) is 23.8 Å². The minimum atomic E-state index is -0.455. The predicted molar refractivity (Wildman–Crippen MR) is 73.3 cm³/mol. The first kappa shape index (κ1) is 13.1. The van der Waals surface area contributed by atoms with Crippen molar-refractivity contribution in [2.24, 2.45) is 0 Å². The number of fused-ring (bicyclic) bond motifs is 1. The fourth-order valence-electron chi connectivity index (χ4n) is 2.66. The van der Waals surface area contributed by atoms with Crippen molar-refractivity contribution in [3.8, 4) is 5.88 Å². The minimum absolute atomic E-state index is 0.140. The van der Waals surface area contributed by atoms with Crippen LogP contribution in [0.4, 0.5) is 5.95 Å². The Morgan fingerprint density at radius 1 is 1.55 bits per heavy atom. The van der Waals surface area contributed by atoms with E-state index in [9.17, 15) is 5.11 Å². The smallest absolute Gasteiger partial charge is 0.227 e. The second-order valence-electron chi connectivity index (χ2n) is 4.89. The molecule has 0 spiro atoms. The number of rotatable bonds is 3. The summed E-state index contributed by atoms with van der Waals surface area (Å²) in [6, 6.07) is 1.86. The Labute approximate surface area is 116 Å². The van der Waals surface area contributed by atoms with Gasteiger partial charge in [0.05, 0.1) is 24.7 Å². The molecule has 0 aliphatic carbocycles. The van der Waals surface area contributed by atoms with Crippen molar-refractivity contribution in [1.29, 1.82) is 0 Å². The quantitative estimate of drug-likeness (QED) is 0.872. The molecule has 20 heavy (non-hydrogen) atoms. The van der Waals surface area contributed by atoms with Gasteiger partial charge in [-0.05, 0) is 12.5 Å². The Balaban J connectivity index is 2.03. The van der Waals surface area contributed by atoms with Gasteiger partial charge in [0, 0.05) is 12.6 Å². The van der Waals surface area contributed by atoms with Crippen LogP contribution >= 0.6 is 0 Å². The number of methoxy groups -OCH3 is 1. The molecule has 1 aliphatic heterocycles. The predicted octanol–water partition coefficient (Wildman–Crippen LogP) is 1.08. The third-order valence-corrected chi connectivity index (χ3v) is 3.66. The number of nitrogens with two attached hydrogens (primary N) is 1. The van der Waals surface area contributed by atoms with Crippen molar-refractivity contribution in [1.82, 2.24) is 14.5 Å². The largest absolute Gasteiger partial charge is 0.480 e. The highest BCUT2D eigenvalue weighted by atomic mass is 16.5. The van der Waals surface area contributed by atoms with E-state index < -0.39 is 6.10 Å². The summed E-state index contributed by atoms with van der Waals surface area (Å²) in [6.45, 7) is 1.99. The maximum atomic E-state index is 9.97. The van der Waals surface area contributed by atoms with Gasteiger partial charge in [0.2, 0.25) is 11.8 Å². The fourth-order valence-corrected chi connectivity index (χ4v) is 2.66. The monoisotopic (exact) mass is 278 g/mol. The van der Waals surface area contributed by atoms with Gasteiger partial charge >= 0.3 is 0 Å². The van der Waals surface area contributed by atoms with Crippen LogP contribution in [0.1, 0.15) is 26.0 Å². The molecule has 1 aliphatic rings. The van der Waals surface area contributed by atoms with Crippen LogP contribution in [0, 0.1) is 0 Å². The van der Waals surface area contributed by atoms with Crippen molar-refractivity contribution >= 4 is 17.0 Å². The molecule has 0 saturated carbocycles. The molecule has 2 aromatic heterocycles. The van der Waals surface area contributed by atoms with Gasteiger partial charge in [0.15, 0.2) is 5.65 Å². The van der Waals surface area contributed by atoms with Gasteiger partial charge in [-0.2, -0.15) is 9.97 Å². The van der Waals surface area contributed by atoms with E-state index in [2.05, 4.69) is 9.97 Å². The zero-order valence-corrected chi connectivity index (χ0v) is 11.5. The third kappa shape index (κ3) is 1.99. The van der Waals surface area contributed by atoms with Crippen LogP contribution in [0.3, 0.4) is 0 Å². The van der Waals surface area contributed by atoms with Crippen molar-refractivity contribution in [2.45, 2.75) is 38.2 Å². The summed E-state index contributed by atoms with van der Waals surface area (Å²) in [5, 5.41) is 10.7. The Bertz CT molecular complexity index is 627. The summed E-state index contributed by atoms with van der Waals surface area (Å²) in [5.41, 5.74) is 6.36. The Kier molecular flexibility index (Phi) is 3.23. The van der Waals surface area contributed by atoms with Crippen molar-refractivity contribution < 1.29 is 14.6 Å². The molecule has 3 heterocycles. The number of nitrogens with zero attached hydrogens (tertiary/aromatic N) is 3. The Morgan fingerprint density at radius 2 is 2.35 bits per heavy atom. The van der Waals surface area contributed by atoms with E-state index in [1.165, 1.54) is 0 Å². The molecule has 2 aromatic rings. The molecular weight excluding hydrogens is 260 g/mol. The van der Waals surface area contributed by atoms with Gasteiger partial charge in [-0.1, -0.05) is 6.92 Å². The van der Waals surface area contributed by atoms with Crippen LogP contribution in [0.5, 0.6) is 5.88 Å². The van der Waals surface area contributed by atoms with Gasteiger partial charge in [-0.25, -0.2) is 0 Å². The lowest BCUT2D eigenvalue weighted by Gasteiger charge is -2.15. The average Bonchev–Trinajstić information content (AvgIpc) is 3.00. The SMILES string of the molecule is CC[C@H]1O[C@@H](n2ccc3c(OC)nc(N)nc32)C[C@H]1O. The lowest BCUT2D eigenvalue weighted by molar-refractivity contribution is -0.0180. The van der Waals surface area contributed by atoms with Crippen LogP contribution in [0.15, 0.2) is 12.3 Å². The number of nitrogen functional groups attached to an aromatic ring is 1. The van der Waals surface area contributed by atoms with E-state index in [0.29, 0.717) is 17.9 Å². The van der Waals surface area contributed by atoms with Gasteiger partial charge in [0.1, 0.15) is 6.23 Å². The highest BCUT2D eigenvalue weighted by molar-refractivity contribution is 5.82. The maximum Gasteiger partial charge on any atom is 0.227 e. The Morgan fingerprint density at radius 3 is 3.00 bits per heavy atom. The first-order chi connectivity index (χ1) is 9.63. The molecule has 108 valence electrons. The summed E-state index contributed by atoms with van der Waals surface area (Å²) in [7, 11) is 1.54. The molecule has 0 aromatic carbocycles. The van der Waals surface area contributed by atoms with Gasteiger partial charge in [-0.15, -0.1) is 0 Å². The van der Waals surface area contributed by atoms with Crippen LogP contribution in [0.2, 0.25) is 0 Å². The molecule has 3 rings (SSSR count). The molecule has 0 radical (unpaired) electrons. The number of aliphatic hydroxyl groups is 1. The summed E-state index contributed by atoms with van der Waals surface area (Å²) in [5.74, 6) is 0.594. The lowest BCUT2D eigenvalue weighted by atomic mass is 10.1. The topological polar surface area (TPSA) is 95.4 Å². The van der Waals surface area contributed by atoms with Crippen molar-refractivity contribution in [3.05, 3.63) is 12.3 Å². The molecule has 0 unspecified atom stereocenters. The normalized spacial score (nSPS) is 26.2. The van der Waals surface area contributed by atoms with Crippen LogP contribution in [-0.4, -0.2) is 39.0 Å². The maximum absolute atomic E-state index is 9.97. The molecule has 1 fully saturated rings. The highest BCUT2D eigenvalue weighted by Gasteiger charge is 2.34. The van der Waals surface area contributed by atoms with E-state index >= 15 is 0 Å². The number of anilines is 1. The van der Waals surface area contributed by atoms with Crippen LogP contribution in [-0.2, 0) is 4.74 Å². The molecule has 0 amide bonds. The van der Waals surface area contributed by atoms with Crippen LogP contribution in [0.25, 0.3) is 11.0 Å². The van der Waals surface area contributed by atoms with Crippen molar-refractivity contribution in [3.63, 3.8) is 0 Å². The zero-order chi connectivity index (χ0) is 14.3. The molecule has 7 heteroatoms. The van der Waals surface area contributed by atoms with Crippen molar-refractivity contribution in [2.75, 3.05) is 12.8 Å². The standard InChI is InChI=1S/C13H18N4O3/c1-3-9-8(18)6-10(20-9)17-5-4-7-11(17)15-13(14)16-12(7)19-2/h4-5,8-10,18H,3,6H2,1-2H3,(H2,14,15,16)/t8-,9-,10-/m1/s1. The molecule has 0 bridgehead atoms. The second kappa shape index (κ2) is 4.92. The summed E-state index contributed by atoms with van der Waals surface area (Å²) >= 11 is 0. The highest BCUT2D eigenvalue weighted by Crippen LogP contribution is 2.34. The summed E-state index contributed by atoms with van der Waals surface area (Å²) in [6.07, 6.45) is 2.33. The van der Waals surface area contributed by atoms with Crippen LogP contribution < -0.4 is 10.5 Å². The molecule has 3 N–H and O–H groups in total. The Hall–Kier alpha value is -1.86. The van der Waals surface area contributed by atoms with E-state index in [-0.39, 0.29) is 18.3 Å². The van der Waals surface area contributed by atoms with E-state index in [0.717, 1.165) is 11.8 Å². The van der Waals surface area contributed by atoms with Gasteiger partial charge in [-0.3, -0.25) is 0 Å². The molecular formula is C13H18N4O3. The lowest BCUT2D eigenvalue weighted by Crippen LogP contribution is -2.19. The van der Waals surface area contributed by atoms with Gasteiger partial charge in [0.25, 0.3) is 0 Å². The average molecular weight is 278 g/mol. The molecule has 3 atom stereocenters. The number of ether oxygens (including phenoxy) is 2. The van der Waals surface area contributed by atoms with Gasteiger partial charge < -0.3 is 24.9 Å². The van der Waals surface area contributed by atoms with E-state index in [1.54, 1.807) is 7.11 Å². The fraction of sp³-hybridized carbons (Fsp3) is 0.538. The number of aromatic nitrogens is 3. The number of hydrogen-bond donors (Lipinski definition) is 2. The summed E-state index contributed by atoms with van der Waals surface area (Å²) < 4.78 is 12.9. The molecule has 1 saturated heterocycles. The number of hydrogen-bond acceptors (Lipinski definition) is 6. The first-order valence-corrected chi connectivity index (χ1v) is 6.65. The summed E-state index contributed by atoms with van der Waals surface area (Å²) in [4.78, 5) is 8.30.